The van der Waals surface area contributed by atoms with Gasteiger partial charge in [-0.25, -0.2) is 0 Å². The van der Waals surface area contributed by atoms with E-state index in [4.69, 9.17) is 4.42 Å². The number of hydrogen-bond donors (Lipinski definition) is 1. The Labute approximate surface area is 196 Å². The van der Waals surface area contributed by atoms with E-state index < -0.39 is 23.5 Å². The molecule has 33 heavy (non-hydrogen) atoms. The van der Waals surface area contributed by atoms with Crippen molar-refractivity contribution in [2.24, 2.45) is 0 Å². The summed E-state index contributed by atoms with van der Waals surface area (Å²) in [5.74, 6) is -0.467. The lowest BCUT2D eigenvalue weighted by Crippen LogP contribution is -2.34. The lowest BCUT2D eigenvalue weighted by molar-refractivity contribution is -0.129. The second-order valence-electron chi connectivity index (χ2n) is 8.58. The fraction of sp³-hybridized carbons (Fsp3) is 0.407. The molecule has 0 saturated carbocycles. The first kappa shape index (κ1) is 24.5. The van der Waals surface area contributed by atoms with Crippen LogP contribution >= 0.6 is 0 Å². The number of allylic oxidation sites excluding steroid dienone is 1. The number of furan rings is 1. The zero-order chi connectivity index (χ0) is 24.0. The summed E-state index contributed by atoms with van der Waals surface area (Å²) in [6.45, 7) is 11.6. The Hall–Kier alpha value is -3.12. The summed E-state index contributed by atoms with van der Waals surface area (Å²) >= 11 is 0. The highest BCUT2D eigenvalue weighted by molar-refractivity contribution is 6.14. The molecule has 1 aliphatic rings. The number of carbonyl (C=O) groups is 2. The number of ketones is 1. The Morgan fingerprint density at radius 2 is 1.88 bits per heavy atom. The van der Waals surface area contributed by atoms with Crippen LogP contribution in [0.1, 0.15) is 63.0 Å². The molecule has 1 unspecified atom stereocenters. The van der Waals surface area contributed by atoms with Crippen molar-refractivity contribution in [3.8, 4) is 0 Å². The highest BCUT2D eigenvalue weighted by atomic mass is 16.3. The van der Waals surface area contributed by atoms with Crippen LogP contribution in [0.25, 0.3) is 6.08 Å². The summed E-state index contributed by atoms with van der Waals surface area (Å²) in [5.41, 5.74) is 2.10. The molecule has 0 aliphatic carbocycles. The fourth-order valence-corrected chi connectivity index (χ4v) is 4.18. The molecule has 2 aromatic rings. The predicted octanol–water partition coefficient (Wildman–Crippen LogP) is 5.11. The minimum Gasteiger partial charge on any atom is -0.503 e. The van der Waals surface area contributed by atoms with Gasteiger partial charge in [-0.2, -0.15) is 0 Å². The number of rotatable bonds is 11. The lowest BCUT2D eigenvalue weighted by atomic mass is 9.93. The molecule has 0 fully saturated rings. The molecule has 1 N–H and O–H groups in total. The van der Waals surface area contributed by atoms with Gasteiger partial charge in [0, 0.05) is 6.54 Å². The van der Waals surface area contributed by atoms with Gasteiger partial charge < -0.3 is 19.3 Å². The van der Waals surface area contributed by atoms with Crippen molar-refractivity contribution < 1.29 is 19.1 Å². The highest BCUT2D eigenvalue weighted by Crippen LogP contribution is 2.38. The fourth-order valence-electron chi connectivity index (χ4n) is 4.18. The second-order valence-corrected chi connectivity index (χ2v) is 8.58. The van der Waals surface area contributed by atoms with Gasteiger partial charge in [-0.3, -0.25) is 9.59 Å². The van der Waals surface area contributed by atoms with Gasteiger partial charge in [0.15, 0.2) is 11.5 Å². The van der Waals surface area contributed by atoms with E-state index in [1.165, 1.54) is 17.9 Å². The van der Waals surface area contributed by atoms with Crippen molar-refractivity contribution >= 4 is 17.8 Å². The van der Waals surface area contributed by atoms with Crippen LogP contribution in [0, 0.1) is 0 Å². The number of hydrogen-bond acceptors (Lipinski definition) is 5. The number of aliphatic hydroxyl groups is 1. The maximum Gasteiger partial charge on any atom is 0.290 e. The molecular weight excluding hydrogens is 416 g/mol. The van der Waals surface area contributed by atoms with Gasteiger partial charge in [-0.15, -0.1) is 0 Å². The summed E-state index contributed by atoms with van der Waals surface area (Å²) in [6.07, 6.45) is 5.18. The summed E-state index contributed by atoms with van der Waals surface area (Å²) in [5, 5.41) is 10.7. The lowest BCUT2D eigenvalue weighted by Gasteiger charge is -2.28. The van der Waals surface area contributed by atoms with Gasteiger partial charge in [0.05, 0.1) is 17.9 Å². The third kappa shape index (κ3) is 5.63. The first-order chi connectivity index (χ1) is 15.9. The Morgan fingerprint density at radius 3 is 2.45 bits per heavy atom. The molecule has 0 radical (unpaired) electrons. The van der Waals surface area contributed by atoms with E-state index in [0.29, 0.717) is 18.2 Å². The van der Waals surface area contributed by atoms with Gasteiger partial charge in [-0.1, -0.05) is 52.0 Å². The van der Waals surface area contributed by atoms with Crippen LogP contribution in [0.15, 0.2) is 64.5 Å². The van der Waals surface area contributed by atoms with Crippen LogP contribution in [-0.2, 0) is 9.59 Å². The van der Waals surface area contributed by atoms with Crippen LogP contribution < -0.4 is 0 Å². The Bertz CT molecular complexity index is 999. The van der Waals surface area contributed by atoms with E-state index in [9.17, 15) is 14.7 Å². The standard InChI is InChI=1S/C27H34N2O4/c1-5-28(6-2)16-8-17-29-25(21-12-10-20(11-13-21)19(3)4)24(26(31)27(29)32)23(30)15-14-22-9-7-18-33-22/h7,9-15,18-19,25,31H,5-6,8,16-17H2,1-4H3/b15-14+. The van der Waals surface area contributed by atoms with Gasteiger partial charge in [-0.05, 0) is 67.4 Å². The molecule has 0 spiro atoms. The van der Waals surface area contributed by atoms with E-state index in [1.807, 2.05) is 24.3 Å². The first-order valence-corrected chi connectivity index (χ1v) is 11.7. The van der Waals surface area contributed by atoms with Gasteiger partial charge >= 0.3 is 0 Å². The van der Waals surface area contributed by atoms with E-state index in [0.717, 1.165) is 31.6 Å². The first-order valence-electron chi connectivity index (χ1n) is 11.7. The molecule has 3 rings (SSSR count). The Balaban J connectivity index is 1.91. The average molecular weight is 451 g/mol. The number of nitrogens with zero attached hydrogens (tertiary/aromatic N) is 2. The molecule has 0 saturated heterocycles. The summed E-state index contributed by atoms with van der Waals surface area (Å²) < 4.78 is 5.26. The molecule has 176 valence electrons. The smallest absolute Gasteiger partial charge is 0.290 e. The second kappa shape index (κ2) is 11.1. The molecule has 1 aromatic heterocycles. The predicted molar refractivity (Wildman–Crippen MR) is 130 cm³/mol. The van der Waals surface area contributed by atoms with Crippen LogP contribution in [0.2, 0.25) is 0 Å². The molecule has 1 amide bonds. The topological polar surface area (TPSA) is 74.0 Å². The Morgan fingerprint density at radius 1 is 1.18 bits per heavy atom. The zero-order valence-electron chi connectivity index (χ0n) is 20.0. The monoisotopic (exact) mass is 450 g/mol. The minimum atomic E-state index is -0.621. The van der Waals surface area contributed by atoms with Crippen LogP contribution in [-0.4, -0.2) is 52.8 Å². The maximum absolute atomic E-state index is 13.1. The number of amides is 1. The largest absolute Gasteiger partial charge is 0.503 e. The third-order valence-electron chi connectivity index (χ3n) is 6.20. The van der Waals surface area contributed by atoms with Crippen LogP contribution in [0.4, 0.5) is 0 Å². The molecule has 1 aromatic carbocycles. The number of carbonyl (C=O) groups excluding carboxylic acids is 2. The molecule has 1 atom stereocenters. The van der Waals surface area contributed by atoms with Crippen molar-refractivity contribution in [3.63, 3.8) is 0 Å². The summed E-state index contributed by atoms with van der Waals surface area (Å²) in [6, 6.07) is 10.8. The van der Waals surface area contributed by atoms with E-state index in [2.05, 4.69) is 32.6 Å². The minimum absolute atomic E-state index is 0.114. The normalized spacial score (nSPS) is 16.7. The quantitative estimate of drug-likeness (QED) is 0.482. The van der Waals surface area contributed by atoms with Gasteiger partial charge in [0.2, 0.25) is 0 Å². The van der Waals surface area contributed by atoms with Crippen molar-refractivity contribution in [1.29, 1.82) is 0 Å². The van der Waals surface area contributed by atoms with E-state index in [1.54, 1.807) is 23.1 Å². The number of benzene rings is 1. The summed E-state index contributed by atoms with van der Waals surface area (Å²) in [4.78, 5) is 30.1. The molecule has 1 aliphatic heterocycles. The van der Waals surface area contributed by atoms with E-state index >= 15 is 0 Å². The summed E-state index contributed by atoms with van der Waals surface area (Å²) in [7, 11) is 0. The third-order valence-corrected chi connectivity index (χ3v) is 6.20. The molecule has 6 nitrogen and oxygen atoms in total. The zero-order valence-corrected chi connectivity index (χ0v) is 20.0. The van der Waals surface area contributed by atoms with Crippen LogP contribution in [0.5, 0.6) is 0 Å². The number of aliphatic hydroxyl groups excluding tert-OH is 1. The van der Waals surface area contributed by atoms with Crippen LogP contribution in [0.3, 0.4) is 0 Å². The maximum atomic E-state index is 13.1. The molecule has 2 heterocycles. The van der Waals surface area contributed by atoms with Crippen molar-refractivity contribution in [2.75, 3.05) is 26.2 Å². The van der Waals surface area contributed by atoms with E-state index in [-0.39, 0.29) is 5.57 Å². The highest BCUT2D eigenvalue weighted by Gasteiger charge is 2.42. The van der Waals surface area contributed by atoms with Gasteiger partial charge in [0.1, 0.15) is 5.76 Å². The Kier molecular flexibility index (Phi) is 8.28. The van der Waals surface area contributed by atoms with Gasteiger partial charge in [0.25, 0.3) is 5.91 Å². The average Bonchev–Trinajstić information content (AvgIpc) is 3.42. The SMILES string of the molecule is CCN(CC)CCCN1C(=O)C(O)=C(C(=O)/C=C/c2ccco2)C1c1ccc(C(C)C)cc1. The molecular formula is C27H34N2O4. The molecule has 6 heteroatoms. The van der Waals surface area contributed by atoms with Crippen molar-refractivity contribution in [2.45, 2.75) is 46.1 Å². The molecule has 0 bridgehead atoms. The van der Waals surface area contributed by atoms with Crippen molar-refractivity contribution in [3.05, 3.63) is 77.0 Å². The van der Waals surface area contributed by atoms with Crippen molar-refractivity contribution in [1.82, 2.24) is 9.80 Å².